The summed E-state index contributed by atoms with van der Waals surface area (Å²) in [4.78, 5) is 0. The largest absolute Gasteiger partial charge is 0.324 e. The van der Waals surface area contributed by atoms with Crippen LogP contribution >= 0.6 is 0 Å². The summed E-state index contributed by atoms with van der Waals surface area (Å²) < 4.78 is 27.3. The van der Waals surface area contributed by atoms with Crippen molar-refractivity contribution in [3.8, 4) is 0 Å². The predicted molar refractivity (Wildman–Crippen MR) is 87.6 cm³/mol. The minimum atomic E-state index is -3.67. The minimum Gasteiger partial charge on any atom is -0.324 e. The van der Waals surface area contributed by atoms with Gasteiger partial charge in [-0.15, -0.1) is 0 Å². The molecule has 0 unspecified atom stereocenters. The SMILES string of the molecule is CCCC[N+](CC)(CCCC)CCCC.CS(=O)(=O)O. The van der Waals surface area contributed by atoms with Crippen LogP contribution in [0.2, 0.25) is 0 Å². The fourth-order valence-corrected chi connectivity index (χ4v) is 2.29. The molecule has 0 fully saturated rings. The third-order valence-electron chi connectivity index (χ3n) is 3.63. The summed E-state index contributed by atoms with van der Waals surface area (Å²) in [6, 6.07) is 0. The lowest BCUT2D eigenvalue weighted by Gasteiger charge is -2.38. The molecule has 0 saturated carbocycles. The second kappa shape index (κ2) is 12.6. The van der Waals surface area contributed by atoms with E-state index in [1.165, 1.54) is 69.2 Å². The summed E-state index contributed by atoms with van der Waals surface area (Å²) in [6.07, 6.45) is 8.96. The maximum Gasteiger partial charge on any atom is 0.261 e. The van der Waals surface area contributed by atoms with E-state index < -0.39 is 10.1 Å². The van der Waals surface area contributed by atoms with Crippen LogP contribution in [0.25, 0.3) is 0 Å². The predicted octanol–water partition coefficient (Wildman–Crippen LogP) is 3.73. The first-order valence-electron chi connectivity index (χ1n) is 8.02. The molecule has 0 aliphatic carbocycles. The van der Waals surface area contributed by atoms with Crippen LogP contribution < -0.4 is 0 Å². The van der Waals surface area contributed by atoms with E-state index in [0.717, 1.165) is 0 Å². The Morgan fingerprint density at radius 1 is 0.800 bits per heavy atom. The van der Waals surface area contributed by atoms with E-state index in [1.54, 1.807) is 0 Å². The maximum absolute atomic E-state index is 9.19. The first kappa shape index (κ1) is 22.2. The van der Waals surface area contributed by atoms with Crippen molar-refractivity contribution < 1.29 is 17.5 Å². The zero-order chi connectivity index (χ0) is 16.1. The number of quaternary nitrogens is 1. The van der Waals surface area contributed by atoms with Gasteiger partial charge >= 0.3 is 0 Å². The number of hydrogen-bond donors (Lipinski definition) is 1. The maximum atomic E-state index is 9.19. The van der Waals surface area contributed by atoms with E-state index >= 15 is 0 Å². The summed E-state index contributed by atoms with van der Waals surface area (Å²) >= 11 is 0. The van der Waals surface area contributed by atoms with Gasteiger partial charge in [-0.2, -0.15) is 8.42 Å². The highest BCUT2D eigenvalue weighted by Gasteiger charge is 2.22. The van der Waals surface area contributed by atoms with E-state index in [1.807, 2.05) is 0 Å². The second-order valence-electron chi connectivity index (χ2n) is 5.62. The first-order valence-corrected chi connectivity index (χ1v) is 9.87. The Labute approximate surface area is 126 Å². The van der Waals surface area contributed by atoms with Crippen molar-refractivity contribution in [2.45, 2.75) is 66.2 Å². The summed E-state index contributed by atoms with van der Waals surface area (Å²) in [7, 11) is -3.67. The van der Waals surface area contributed by atoms with E-state index in [4.69, 9.17) is 4.55 Å². The number of rotatable bonds is 10. The van der Waals surface area contributed by atoms with Crippen LogP contribution in [0.3, 0.4) is 0 Å². The van der Waals surface area contributed by atoms with Gasteiger partial charge in [0.1, 0.15) is 0 Å². The van der Waals surface area contributed by atoms with Crippen molar-refractivity contribution in [2.75, 3.05) is 32.4 Å². The Morgan fingerprint density at radius 2 is 1.05 bits per heavy atom. The van der Waals surface area contributed by atoms with Crippen molar-refractivity contribution in [1.82, 2.24) is 0 Å². The fraction of sp³-hybridized carbons (Fsp3) is 1.00. The standard InChI is InChI=1S/C14H32N.CH4O3S/c1-5-9-12-15(8-4,13-10-6-2)14-11-7-3;1-5(2,3)4/h5-14H2,1-4H3;1H3,(H,2,3,4)/q+1;. The molecule has 0 saturated heterocycles. The van der Waals surface area contributed by atoms with Gasteiger partial charge in [-0.25, -0.2) is 0 Å². The third kappa shape index (κ3) is 15.9. The molecule has 0 aliphatic rings. The quantitative estimate of drug-likeness (QED) is 0.494. The highest BCUT2D eigenvalue weighted by Crippen LogP contribution is 2.14. The Hall–Kier alpha value is -0.130. The van der Waals surface area contributed by atoms with Crippen molar-refractivity contribution in [3.05, 3.63) is 0 Å². The summed E-state index contributed by atoms with van der Waals surface area (Å²) in [5, 5.41) is 0. The molecule has 0 aromatic carbocycles. The zero-order valence-electron chi connectivity index (χ0n) is 14.2. The van der Waals surface area contributed by atoms with E-state index in [0.29, 0.717) is 6.26 Å². The van der Waals surface area contributed by atoms with Gasteiger partial charge in [-0.3, -0.25) is 4.55 Å². The lowest BCUT2D eigenvalue weighted by Crippen LogP contribution is -2.49. The molecule has 0 radical (unpaired) electrons. The molecule has 0 atom stereocenters. The molecule has 0 aromatic heterocycles. The lowest BCUT2D eigenvalue weighted by atomic mass is 10.1. The van der Waals surface area contributed by atoms with Gasteiger partial charge in [0, 0.05) is 0 Å². The van der Waals surface area contributed by atoms with Gasteiger partial charge in [0.25, 0.3) is 10.1 Å². The van der Waals surface area contributed by atoms with Crippen LogP contribution in [-0.4, -0.2) is 49.9 Å². The molecule has 5 heteroatoms. The molecule has 0 heterocycles. The van der Waals surface area contributed by atoms with Crippen molar-refractivity contribution in [3.63, 3.8) is 0 Å². The van der Waals surface area contributed by atoms with Gasteiger partial charge in [0.05, 0.1) is 32.4 Å². The normalized spacial score (nSPS) is 11.9. The van der Waals surface area contributed by atoms with Crippen LogP contribution in [0.1, 0.15) is 66.2 Å². The molecule has 0 rings (SSSR count). The number of hydrogen-bond acceptors (Lipinski definition) is 2. The molecule has 0 aromatic rings. The van der Waals surface area contributed by atoms with E-state index in [-0.39, 0.29) is 0 Å². The van der Waals surface area contributed by atoms with Gasteiger partial charge in [-0.1, -0.05) is 40.0 Å². The Balaban J connectivity index is 0. The van der Waals surface area contributed by atoms with Crippen LogP contribution in [0, 0.1) is 0 Å². The molecule has 4 nitrogen and oxygen atoms in total. The van der Waals surface area contributed by atoms with Crippen molar-refractivity contribution in [1.29, 1.82) is 0 Å². The highest BCUT2D eigenvalue weighted by molar-refractivity contribution is 7.85. The average Bonchev–Trinajstić information content (AvgIpc) is 2.37. The molecule has 0 bridgehead atoms. The van der Waals surface area contributed by atoms with Gasteiger partial charge in [0.15, 0.2) is 0 Å². The zero-order valence-corrected chi connectivity index (χ0v) is 15.0. The third-order valence-corrected chi connectivity index (χ3v) is 3.63. The second-order valence-corrected chi connectivity index (χ2v) is 7.09. The van der Waals surface area contributed by atoms with Crippen molar-refractivity contribution in [2.24, 2.45) is 0 Å². The van der Waals surface area contributed by atoms with Crippen LogP contribution in [0.15, 0.2) is 0 Å². The van der Waals surface area contributed by atoms with Crippen LogP contribution in [0.4, 0.5) is 0 Å². The van der Waals surface area contributed by atoms with E-state index in [9.17, 15) is 8.42 Å². The van der Waals surface area contributed by atoms with Gasteiger partial charge in [0.2, 0.25) is 0 Å². The molecule has 0 amide bonds. The first-order chi connectivity index (χ1) is 9.24. The molecule has 1 N–H and O–H groups in total. The number of nitrogens with zero attached hydrogens (tertiary/aromatic N) is 1. The number of unbranched alkanes of at least 4 members (excludes halogenated alkanes) is 3. The summed E-state index contributed by atoms with van der Waals surface area (Å²) in [6.45, 7) is 14.9. The lowest BCUT2D eigenvalue weighted by molar-refractivity contribution is -0.927. The summed E-state index contributed by atoms with van der Waals surface area (Å²) in [5.41, 5.74) is 0. The minimum absolute atomic E-state index is 0.715. The van der Waals surface area contributed by atoms with Gasteiger partial charge in [-0.05, 0) is 26.2 Å². The van der Waals surface area contributed by atoms with E-state index in [2.05, 4.69) is 27.7 Å². The Kier molecular flexibility index (Phi) is 14.0. The summed E-state index contributed by atoms with van der Waals surface area (Å²) in [5.74, 6) is 0. The average molecular weight is 311 g/mol. The molecule has 20 heavy (non-hydrogen) atoms. The molecule has 0 spiro atoms. The molecular weight excluding hydrogens is 274 g/mol. The Bertz CT molecular complexity index is 272. The monoisotopic (exact) mass is 310 g/mol. The van der Waals surface area contributed by atoms with Gasteiger partial charge < -0.3 is 4.48 Å². The smallest absolute Gasteiger partial charge is 0.261 e. The van der Waals surface area contributed by atoms with Crippen LogP contribution in [-0.2, 0) is 10.1 Å². The fourth-order valence-electron chi connectivity index (χ4n) is 2.29. The molecule has 124 valence electrons. The highest BCUT2D eigenvalue weighted by atomic mass is 32.2. The van der Waals surface area contributed by atoms with Crippen molar-refractivity contribution >= 4 is 10.1 Å². The topological polar surface area (TPSA) is 54.4 Å². The Morgan fingerprint density at radius 3 is 1.20 bits per heavy atom. The molecule has 0 aliphatic heterocycles. The molecular formula is C15H36NO3S+. The van der Waals surface area contributed by atoms with Crippen LogP contribution in [0.5, 0.6) is 0 Å².